The number of hydrogen-bond acceptors (Lipinski definition) is 1. The molecule has 0 aromatic heterocycles. The van der Waals surface area contributed by atoms with E-state index < -0.39 is 0 Å². The van der Waals surface area contributed by atoms with Crippen LogP contribution in [0.25, 0.3) is 0 Å². The first-order valence-corrected chi connectivity index (χ1v) is 4.82. The van der Waals surface area contributed by atoms with Crippen LogP contribution in [-0.2, 0) is 0 Å². The minimum atomic E-state index is 0.0136. The molecule has 2 nitrogen and oxygen atoms in total. The van der Waals surface area contributed by atoms with Gasteiger partial charge in [-0.15, -0.1) is 4.70 Å². The van der Waals surface area contributed by atoms with Gasteiger partial charge < -0.3 is 0 Å². The summed E-state index contributed by atoms with van der Waals surface area (Å²) >= 11 is 6.18. The summed E-state index contributed by atoms with van der Waals surface area (Å²) < 4.78 is 2.01. The molecule has 0 aromatic carbocycles. The molecule has 0 aromatic rings. The van der Waals surface area contributed by atoms with Gasteiger partial charge in [-0.1, -0.05) is 0 Å². The van der Waals surface area contributed by atoms with Crippen molar-refractivity contribution in [2.45, 2.75) is 57.6 Å². The second kappa shape index (κ2) is 2.69. The molecule has 12 heavy (non-hydrogen) atoms. The van der Waals surface area contributed by atoms with Gasteiger partial charge in [0, 0.05) is 20.8 Å². The van der Waals surface area contributed by atoms with Gasteiger partial charge in [-0.2, -0.15) is 0 Å². The zero-order chi connectivity index (χ0) is 9.57. The van der Waals surface area contributed by atoms with E-state index in [0.717, 1.165) is 6.42 Å². The summed E-state index contributed by atoms with van der Waals surface area (Å²) in [7, 11) is 0. The van der Waals surface area contributed by atoms with Crippen LogP contribution in [-0.4, -0.2) is 21.3 Å². The lowest BCUT2D eigenvalue weighted by atomic mass is 10.0. The van der Waals surface area contributed by atoms with Gasteiger partial charge in [-0.25, -0.2) is 0 Å². The minimum Gasteiger partial charge on any atom is -0.105 e. The highest BCUT2D eigenvalue weighted by molar-refractivity contribution is 6.19. The highest BCUT2D eigenvalue weighted by atomic mass is 35.5. The van der Waals surface area contributed by atoms with E-state index in [0.29, 0.717) is 0 Å². The van der Waals surface area contributed by atoms with Gasteiger partial charge in [0.15, 0.2) is 5.54 Å². The third-order valence-electron chi connectivity index (χ3n) is 2.00. The summed E-state index contributed by atoms with van der Waals surface area (Å²) in [5, 5.41) is 4.57. The summed E-state index contributed by atoms with van der Waals surface area (Å²) in [6.45, 7) is 10.6. The molecule has 0 spiro atoms. The van der Waals surface area contributed by atoms with Crippen LogP contribution in [0.4, 0.5) is 0 Å². The highest BCUT2D eigenvalue weighted by Crippen LogP contribution is 2.32. The molecule has 0 saturated carbocycles. The van der Waals surface area contributed by atoms with Crippen molar-refractivity contribution in [3.8, 4) is 0 Å². The topological polar surface area (TPSA) is 15.4 Å². The lowest BCUT2D eigenvalue weighted by Crippen LogP contribution is -2.34. The maximum Gasteiger partial charge on any atom is 0.255 e. The van der Waals surface area contributed by atoms with Gasteiger partial charge in [-0.05, 0) is 30.6 Å². The van der Waals surface area contributed by atoms with E-state index >= 15 is 0 Å². The van der Waals surface area contributed by atoms with E-state index in [-0.39, 0.29) is 16.6 Å². The molecule has 0 radical (unpaired) electrons. The van der Waals surface area contributed by atoms with Crippen molar-refractivity contribution in [1.29, 1.82) is 0 Å². The fourth-order valence-corrected chi connectivity index (χ4v) is 2.18. The van der Waals surface area contributed by atoms with E-state index in [1.807, 2.05) is 4.70 Å². The second-order valence-corrected chi connectivity index (χ2v) is 5.57. The Labute approximate surface area is 79.6 Å². The molecule has 1 aliphatic heterocycles. The standard InChI is InChI=1S/C9H18ClN2/c1-8(2,3)12-7(10)6-9(4,5)11-12/h7H,6H2,1-5H3/q+1. The Balaban J connectivity index is 2.92. The molecule has 70 valence electrons. The van der Waals surface area contributed by atoms with Gasteiger partial charge >= 0.3 is 0 Å². The predicted octanol–water partition coefficient (Wildman–Crippen LogP) is 3.00. The monoisotopic (exact) mass is 189 g/mol. The fraction of sp³-hybridized carbons (Fsp3) is 1.00. The van der Waals surface area contributed by atoms with E-state index in [1.54, 1.807) is 0 Å². The molecule has 0 N–H and O–H groups in total. The summed E-state index contributed by atoms with van der Waals surface area (Å²) in [5.41, 5.74) is 0.111. The van der Waals surface area contributed by atoms with Crippen LogP contribution >= 0.6 is 11.6 Å². The number of nitrogens with zero attached hydrogens (tertiary/aromatic N) is 2. The highest BCUT2D eigenvalue weighted by Gasteiger charge is 2.45. The van der Waals surface area contributed by atoms with Crippen LogP contribution in [0.1, 0.15) is 41.0 Å². The summed E-state index contributed by atoms with van der Waals surface area (Å²) in [6.07, 6.45) is 0.936. The quantitative estimate of drug-likeness (QED) is 0.316. The molecular formula is C9H18ClN2+. The van der Waals surface area contributed by atoms with E-state index in [1.165, 1.54) is 0 Å². The molecule has 0 saturated heterocycles. The van der Waals surface area contributed by atoms with Gasteiger partial charge in [0.05, 0.1) is 6.42 Å². The van der Waals surface area contributed by atoms with Crippen LogP contribution in [0.3, 0.4) is 0 Å². The fourth-order valence-electron chi connectivity index (χ4n) is 1.46. The van der Waals surface area contributed by atoms with Crippen molar-refractivity contribution in [2.24, 2.45) is 5.11 Å². The van der Waals surface area contributed by atoms with Crippen molar-refractivity contribution in [1.82, 2.24) is 0 Å². The SMILES string of the molecule is CC1(C)CC(Cl)[N+](C(C)(C)C)=N1. The lowest BCUT2D eigenvalue weighted by molar-refractivity contribution is -0.659. The van der Waals surface area contributed by atoms with Gasteiger partial charge in [0.2, 0.25) is 0 Å². The Morgan fingerprint density at radius 2 is 1.92 bits per heavy atom. The summed E-state index contributed by atoms with van der Waals surface area (Å²) in [4.78, 5) is 0. The van der Waals surface area contributed by atoms with Gasteiger partial charge in [0.1, 0.15) is 5.54 Å². The number of rotatable bonds is 0. The molecule has 0 fully saturated rings. The zero-order valence-electron chi connectivity index (χ0n) is 8.56. The number of halogens is 1. The Morgan fingerprint density at radius 3 is 2.08 bits per heavy atom. The van der Waals surface area contributed by atoms with Crippen LogP contribution < -0.4 is 0 Å². The maximum absolute atomic E-state index is 6.18. The molecule has 1 rings (SSSR count). The first kappa shape index (κ1) is 9.97. The summed E-state index contributed by atoms with van der Waals surface area (Å²) in [6, 6.07) is 0. The maximum atomic E-state index is 6.18. The van der Waals surface area contributed by atoms with Crippen molar-refractivity contribution in [3.63, 3.8) is 0 Å². The Morgan fingerprint density at radius 1 is 1.42 bits per heavy atom. The van der Waals surface area contributed by atoms with Crippen LogP contribution in [0.15, 0.2) is 5.11 Å². The van der Waals surface area contributed by atoms with Crippen molar-refractivity contribution in [2.75, 3.05) is 0 Å². The van der Waals surface area contributed by atoms with Crippen LogP contribution in [0, 0.1) is 0 Å². The largest absolute Gasteiger partial charge is 0.255 e. The number of alkyl halides is 1. The Bertz CT molecular complexity index is 213. The molecule has 0 aliphatic carbocycles. The molecule has 0 amide bonds. The van der Waals surface area contributed by atoms with Crippen molar-refractivity contribution >= 4 is 11.6 Å². The van der Waals surface area contributed by atoms with Crippen LogP contribution in [0.2, 0.25) is 0 Å². The Kier molecular flexibility index (Phi) is 2.24. The average Bonchev–Trinajstić information content (AvgIpc) is 2.03. The predicted molar refractivity (Wildman–Crippen MR) is 50.8 cm³/mol. The molecule has 1 heterocycles. The van der Waals surface area contributed by atoms with Crippen LogP contribution in [0.5, 0.6) is 0 Å². The van der Waals surface area contributed by atoms with Gasteiger partial charge in [-0.3, -0.25) is 0 Å². The third kappa shape index (κ3) is 1.98. The Hall–Kier alpha value is -0.110. The van der Waals surface area contributed by atoms with E-state index in [9.17, 15) is 0 Å². The first-order valence-electron chi connectivity index (χ1n) is 4.39. The van der Waals surface area contributed by atoms with Crippen molar-refractivity contribution < 1.29 is 4.70 Å². The first-order chi connectivity index (χ1) is 5.22. The lowest BCUT2D eigenvalue weighted by Gasteiger charge is -2.13. The molecular weight excluding hydrogens is 172 g/mol. The number of hydrogen-bond donors (Lipinski definition) is 0. The minimum absolute atomic E-state index is 0.0136. The normalized spacial score (nSPS) is 28.8. The molecule has 1 atom stereocenters. The van der Waals surface area contributed by atoms with Crippen molar-refractivity contribution in [3.05, 3.63) is 0 Å². The smallest absolute Gasteiger partial charge is 0.105 e. The second-order valence-electron chi connectivity index (χ2n) is 5.07. The molecule has 1 aliphatic rings. The average molecular weight is 190 g/mol. The molecule has 3 heteroatoms. The molecule has 1 unspecified atom stereocenters. The summed E-state index contributed by atoms with van der Waals surface area (Å²) in [5.74, 6) is 0. The molecule has 0 bridgehead atoms. The third-order valence-corrected chi connectivity index (χ3v) is 2.34. The van der Waals surface area contributed by atoms with E-state index in [4.69, 9.17) is 11.6 Å². The van der Waals surface area contributed by atoms with Gasteiger partial charge in [0.25, 0.3) is 5.50 Å². The number of azo groups is 2. The zero-order valence-corrected chi connectivity index (χ0v) is 9.31. The van der Waals surface area contributed by atoms with E-state index in [2.05, 4.69) is 39.7 Å².